The molecule has 110 valence electrons. The molecule has 0 heterocycles. The Balaban J connectivity index is 5.71. The zero-order chi connectivity index (χ0) is 14.7. The second-order valence-electron chi connectivity index (χ2n) is 6.59. The Morgan fingerprint density at radius 3 is 1.44 bits per heavy atom. The molecule has 0 aliphatic rings. The standard InChI is InChI=1S/C13H33N4P/c1-12(2)11-13(3,4)14-18(15(5)6,16(7)8)17(9)10/h12H,11H2,1-10H3. The van der Waals surface area contributed by atoms with E-state index in [9.17, 15) is 0 Å². The quantitative estimate of drug-likeness (QED) is 0.694. The first-order chi connectivity index (χ1) is 7.95. The summed E-state index contributed by atoms with van der Waals surface area (Å²) < 4.78 is 12.1. The van der Waals surface area contributed by atoms with Crippen LogP contribution in [-0.4, -0.2) is 61.8 Å². The maximum absolute atomic E-state index is 5.27. The van der Waals surface area contributed by atoms with E-state index < -0.39 is 7.51 Å². The van der Waals surface area contributed by atoms with Gasteiger partial charge in [-0.3, -0.25) is 18.8 Å². The van der Waals surface area contributed by atoms with E-state index in [1.165, 1.54) is 0 Å². The molecule has 0 fully saturated rings. The average molecular weight is 276 g/mol. The van der Waals surface area contributed by atoms with Crippen LogP contribution in [0.3, 0.4) is 0 Å². The Bertz CT molecular complexity index is 278. The van der Waals surface area contributed by atoms with Crippen molar-refractivity contribution in [3.05, 3.63) is 0 Å². The third kappa shape index (κ3) is 4.34. The van der Waals surface area contributed by atoms with Gasteiger partial charge < -0.3 is 0 Å². The van der Waals surface area contributed by atoms with Crippen LogP contribution >= 0.6 is 7.51 Å². The molecular formula is C13H33N4P. The van der Waals surface area contributed by atoms with Gasteiger partial charge in [0.1, 0.15) is 0 Å². The van der Waals surface area contributed by atoms with E-state index in [0.717, 1.165) is 6.42 Å². The van der Waals surface area contributed by atoms with Crippen molar-refractivity contribution in [2.75, 3.05) is 42.3 Å². The summed E-state index contributed by atoms with van der Waals surface area (Å²) in [5.41, 5.74) is 0.000748. The highest BCUT2D eigenvalue weighted by atomic mass is 31.2. The van der Waals surface area contributed by atoms with Gasteiger partial charge in [-0.05, 0) is 68.5 Å². The van der Waals surface area contributed by atoms with Crippen LogP contribution in [0.5, 0.6) is 0 Å². The SMILES string of the molecule is CC(C)CC(C)(C)N=P(N(C)C)(N(C)C)N(C)C. The van der Waals surface area contributed by atoms with E-state index >= 15 is 0 Å². The lowest BCUT2D eigenvalue weighted by atomic mass is 9.94. The third-order valence-electron chi connectivity index (χ3n) is 2.92. The summed E-state index contributed by atoms with van der Waals surface area (Å²) >= 11 is 0. The molecule has 0 spiro atoms. The first-order valence-corrected chi connectivity index (χ1v) is 8.22. The van der Waals surface area contributed by atoms with Crippen molar-refractivity contribution in [2.24, 2.45) is 10.7 Å². The maximum Gasteiger partial charge on any atom is 0.166 e. The Morgan fingerprint density at radius 2 is 1.22 bits per heavy atom. The van der Waals surface area contributed by atoms with Crippen LogP contribution in [0.4, 0.5) is 0 Å². The predicted octanol–water partition coefficient (Wildman–Crippen LogP) is 3.44. The van der Waals surface area contributed by atoms with Crippen LogP contribution in [0.15, 0.2) is 4.74 Å². The number of hydrogen-bond acceptors (Lipinski definition) is 1. The van der Waals surface area contributed by atoms with Crippen molar-refractivity contribution in [3.63, 3.8) is 0 Å². The lowest BCUT2D eigenvalue weighted by Crippen LogP contribution is -2.33. The van der Waals surface area contributed by atoms with Gasteiger partial charge in [-0.1, -0.05) is 13.8 Å². The van der Waals surface area contributed by atoms with E-state index in [2.05, 4.69) is 84.0 Å². The molecule has 0 atom stereocenters. The van der Waals surface area contributed by atoms with Gasteiger partial charge in [0.25, 0.3) is 0 Å². The third-order valence-corrected chi connectivity index (χ3v) is 6.95. The van der Waals surface area contributed by atoms with Gasteiger partial charge in [0, 0.05) is 0 Å². The monoisotopic (exact) mass is 276 g/mol. The van der Waals surface area contributed by atoms with Crippen LogP contribution in [-0.2, 0) is 0 Å². The Kier molecular flexibility index (Phi) is 6.55. The highest BCUT2D eigenvalue weighted by Gasteiger charge is 2.32. The molecular weight excluding hydrogens is 243 g/mol. The summed E-state index contributed by atoms with van der Waals surface area (Å²) in [6.07, 6.45) is 1.12. The van der Waals surface area contributed by atoms with Crippen molar-refractivity contribution in [3.8, 4) is 0 Å². The predicted molar refractivity (Wildman–Crippen MR) is 83.9 cm³/mol. The molecule has 0 unspecified atom stereocenters. The Morgan fingerprint density at radius 1 is 0.889 bits per heavy atom. The molecule has 0 amide bonds. The van der Waals surface area contributed by atoms with E-state index in [-0.39, 0.29) is 5.54 Å². The maximum atomic E-state index is 5.27. The topological polar surface area (TPSA) is 22.1 Å². The van der Waals surface area contributed by atoms with E-state index in [4.69, 9.17) is 4.74 Å². The Hall–Kier alpha value is 0.110. The number of hydrogen-bond donors (Lipinski definition) is 0. The fourth-order valence-corrected chi connectivity index (χ4v) is 6.24. The van der Waals surface area contributed by atoms with Crippen LogP contribution in [0.1, 0.15) is 34.1 Å². The summed E-state index contributed by atoms with van der Waals surface area (Å²) in [5, 5.41) is 0. The van der Waals surface area contributed by atoms with Crippen LogP contribution in [0.25, 0.3) is 0 Å². The molecule has 0 aromatic carbocycles. The minimum atomic E-state index is -1.76. The second kappa shape index (κ2) is 6.51. The minimum Gasteiger partial charge on any atom is -0.254 e. The number of nitrogens with zero attached hydrogens (tertiary/aromatic N) is 4. The average Bonchev–Trinajstić information content (AvgIpc) is 2.10. The molecule has 0 aliphatic heterocycles. The van der Waals surface area contributed by atoms with Crippen LogP contribution in [0, 0.1) is 5.92 Å². The summed E-state index contributed by atoms with van der Waals surface area (Å²) in [4.78, 5) is 0. The number of rotatable bonds is 6. The molecule has 18 heavy (non-hydrogen) atoms. The van der Waals surface area contributed by atoms with Gasteiger partial charge >= 0.3 is 0 Å². The molecule has 5 heteroatoms. The molecule has 0 N–H and O–H groups in total. The van der Waals surface area contributed by atoms with Gasteiger partial charge in [0.15, 0.2) is 7.51 Å². The van der Waals surface area contributed by atoms with Gasteiger partial charge in [-0.25, -0.2) is 0 Å². The van der Waals surface area contributed by atoms with Crippen molar-refractivity contribution in [1.29, 1.82) is 0 Å². The molecule has 0 aromatic rings. The molecule has 0 aliphatic carbocycles. The second-order valence-corrected chi connectivity index (χ2v) is 10.3. The van der Waals surface area contributed by atoms with Gasteiger partial charge in [-0.2, -0.15) is 0 Å². The largest absolute Gasteiger partial charge is 0.254 e. The molecule has 0 rings (SSSR count). The summed E-state index contributed by atoms with van der Waals surface area (Å²) in [5.74, 6) is 0.664. The lowest BCUT2D eigenvalue weighted by Gasteiger charge is -2.43. The fourth-order valence-electron chi connectivity index (χ4n) is 2.74. The molecule has 0 saturated carbocycles. The van der Waals surface area contributed by atoms with Crippen LogP contribution in [0.2, 0.25) is 0 Å². The molecule has 0 bridgehead atoms. The molecule has 0 aromatic heterocycles. The van der Waals surface area contributed by atoms with E-state index in [0.29, 0.717) is 5.92 Å². The Labute approximate surface area is 115 Å². The van der Waals surface area contributed by atoms with Crippen molar-refractivity contribution in [2.45, 2.75) is 39.7 Å². The van der Waals surface area contributed by atoms with E-state index in [1.54, 1.807) is 0 Å². The van der Waals surface area contributed by atoms with Gasteiger partial charge in [0.2, 0.25) is 0 Å². The van der Waals surface area contributed by atoms with Crippen molar-refractivity contribution in [1.82, 2.24) is 14.0 Å². The minimum absolute atomic E-state index is 0.000748. The van der Waals surface area contributed by atoms with Crippen molar-refractivity contribution >= 4 is 7.51 Å². The summed E-state index contributed by atoms with van der Waals surface area (Å²) in [6, 6.07) is 0. The molecule has 0 radical (unpaired) electrons. The highest BCUT2D eigenvalue weighted by molar-refractivity contribution is 7.59. The zero-order valence-electron chi connectivity index (χ0n) is 14.0. The first-order valence-electron chi connectivity index (χ1n) is 6.62. The fraction of sp³-hybridized carbons (Fsp3) is 1.00. The van der Waals surface area contributed by atoms with Gasteiger partial charge in [-0.15, -0.1) is 0 Å². The first kappa shape index (κ1) is 18.1. The zero-order valence-corrected chi connectivity index (χ0v) is 14.9. The normalized spacial score (nSPS) is 14.1. The lowest BCUT2D eigenvalue weighted by molar-refractivity contribution is 0.386. The van der Waals surface area contributed by atoms with Crippen molar-refractivity contribution < 1.29 is 0 Å². The van der Waals surface area contributed by atoms with E-state index in [1.807, 2.05) is 0 Å². The molecule has 0 saturated heterocycles. The molecule has 4 nitrogen and oxygen atoms in total. The summed E-state index contributed by atoms with van der Waals surface area (Å²) in [6.45, 7) is 9.02. The van der Waals surface area contributed by atoms with Crippen LogP contribution < -0.4 is 0 Å². The summed E-state index contributed by atoms with van der Waals surface area (Å²) in [7, 11) is 11.0. The highest BCUT2D eigenvalue weighted by Crippen LogP contribution is 2.56. The smallest absolute Gasteiger partial charge is 0.166 e. The van der Waals surface area contributed by atoms with Gasteiger partial charge in [0.05, 0.1) is 5.54 Å².